The molecule has 1 aromatic carbocycles. The molecule has 2 saturated heterocycles. The monoisotopic (exact) mass is 387 g/mol. The van der Waals surface area contributed by atoms with Gasteiger partial charge in [0.05, 0.1) is 38.0 Å². The van der Waals surface area contributed by atoms with Crippen LogP contribution in [0.15, 0.2) is 24.3 Å². The molecule has 2 unspecified atom stereocenters. The van der Waals surface area contributed by atoms with Crippen LogP contribution in [-0.4, -0.2) is 69.5 Å². The Morgan fingerprint density at radius 2 is 1.89 bits per heavy atom. The number of halogens is 3. The van der Waals surface area contributed by atoms with E-state index in [1.165, 1.54) is 12.1 Å². The molecule has 2 fully saturated rings. The molecular formula is C18H24F3N3O3. The molecule has 0 aliphatic carbocycles. The molecule has 2 N–H and O–H groups in total. The zero-order valence-electron chi connectivity index (χ0n) is 14.9. The van der Waals surface area contributed by atoms with Gasteiger partial charge in [0.2, 0.25) is 5.91 Å². The minimum Gasteiger partial charge on any atom is -0.379 e. The molecule has 0 bridgehead atoms. The molecule has 2 aliphatic heterocycles. The lowest BCUT2D eigenvalue weighted by Gasteiger charge is -2.35. The summed E-state index contributed by atoms with van der Waals surface area (Å²) in [5, 5.41) is 6.00. The number of hydrogen-bond donors (Lipinski definition) is 2. The zero-order valence-corrected chi connectivity index (χ0v) is 14.9. The Morgan fingerprint density at radius 1 is 1.19 bits per heavy atom. The van der Waals surface area contributed by atoms with Gasteiger partial charge in [0.1, 0.15) is 6.04 Å². The highest BCUT2D eigenvalue weighted by Gasteiger charge is 2.31. The number of nitrogens with one attached hydrogen (secondary N) is 2. The number of morpholine rings is 2. The first kappa shape index (κ1) is 20.1. The normalized spacial score (nSPS) is 23.0. The third-order valence-corrected chi connectivity index (χ3v) is 4.82. The van der Waals surface area contributed by atoms with Gasteiger partial charge in [-0.05, 0) is 17.7 Å². The fourth-order valence-corrected chi connectivity index (χ4v) is 3.30. The summed E-state index contributed by atoms with van der Waals surface area (Å²) < 4.78 is 49.2. The molecule has 1 amide bonds. The van der Waals surface area contributed by atoms with E-state index in [1.54, 1.807) is 0 Å². The second kappa shape index (κ2) is 9.01. The number of carbonyl (C=O) groups excluding carboxylic acids is 1. The van der Waals surface area contributed by atoms with Crippen LogP contribution >= 0.6 is 0 Å². The molecule has 2 aliphatic rings. The maximum atomic E-state index is 12.8. The molecule has 2 atom stereocenters. The summed E-state index contributed by atoms with van der Waals surface area (Å²) in [4.78, 5) is 14.5. The van der Waals surface area contributed by atoms with Crippen LogP contribution in [0.4, 0.5) is 13.2 Å². The second-order valence-corrected chi connectivity index (χ2v) is 6.61. The minimum absolute atomic E-state index is 0.167. The fraction of sp³-hybridized carbons (Fsp3) is 0.611. The van der Waals surface area contributed by atoms with E-state index in [2.05, 4.69) is 15.5 Å². The first-order chi connectivity index (χ1) is 12.9. The molecule has 27 heavy (non-hydrogen) atoms. The summed E-state index contributed by atoms with van der Waals surface area (Å²) in [5.74, 6) is -0.167. The van der Waals surface area contributed by atoms with E-state index in [-0.39, 0.29) is 11.9 Å². The fourth-order valence-electron chi connectivity index (χ4n) is 3.30. The number of alkyl halides is 3. The first-order valence-electron chi connectivity index (χ1n) is 9.03. The highest BCUT2D eigenvalue weighted by Crippen LogP contribution is 2.31. The van der Waals surface area contributed by atoms with Crippen LogP contribution in [-0.2, 0) is 20.4 Å². The maximum Gasteiger partial charge on any atom is 0.416 e. The molecule has 0 spiro atoms. The van der Waals surface area contributed by atoms with Crippen molar-refractivity contribution in [1.29, 1.82) is 0 Å². The summed E-state index contributed by atoms with van der Waals surface area (Å²) >= 11 is 0. The average molecular weight is 387 g/mol. The van der Waals surface area contributed by atoms with Crippen molar-refractivity contribution in [3.63, 3.8) is 0 Å². The Balaban J connectivity index is 1.69. The summed E-state index contributed by atoms with van der Waals surface area (Å²) in [5.41, 5.74) is 0.0534. The smallest absolute Gasteiger partial charge is 0.379 e. The molecule has 150 valence electrons. The Kier molecular flexibility index (Phi) is 6.69. The minimum atomic E-state index is -4.37. The highest BCUT2D eigenvalue weighted by atomic mass is 19.4. The summed E-state index contributed by atoms with van der Waals surface area (Å²) in [6.45, 7) is 4.25. The van der Waals surface area contributed by atoms with Crippen molar-refractivity contribution in [3.05, 3.63) is 35.4 Å². The third-order valence-electron chi connectivity index (χ3n) is 4.82. The molecule has 6 nitrogen and oxygen atoms in total. The molecule has 3 rings (SSSR count). The number of carbonyl (C=O) groups is 1. The van der Waals surface area contributed by atoms with E-state index in [9.17, 15) is 18.0 Å². The van der Waals surface area contributed by atoms with Gasteiger partial charge in [-0.1, -0.05) is 12.1 Å². The molecular weight excluding hydrogens is 363 g/mol. The van der Waals surface area contributed by atoms with E-state index in [4.69, 9.17) is 9.47 Å². The molecule has 1 aromatic rings. The van der Waals surface area contributed by atoms with E-state index >= 15 is 0 Å². The Labute approximate surface area is 156 Å². The lowest BCUT2D eigenvalue weighted by Crippen LogP contribution is -2.53. The van der Waals surface area contributed by atoms with Crippen molar-refractivity contribution in [2.45, 2.75) is 18.3 Å². The van der Waals surface area contributed by atoms with E-state index in [1.807, 2.05) is 0 Å². The average Bonchev–Trinajstić information content (AvgIpc) is 2.69. The van der Waals surface area contributed by atoms with Crippen molar-refractivity contribution in [2.75, 3.05) is 52.6 Å². The SMILES string of the molecule is O=C(NCC(c1ccc(C(F)(F)F)cc1)N1CCOCC1)C1COCCN1. The van der Waals surface area contributed by atoms with Crippen molar-refractivity contribution in [1.82, 2.24) is 15.5 Å². The van der Waals surface area contributed by atoms with Crippen LogP contribution in [0.1, 0.15) is 17.2 Å². The Hall–Kier alpha value is -1.68. The Bertz CT molecular complexity index is 613. The third kappa shape index (κ3) is 5.41. The van der Waals surface area contributed by atoms with Gasteiger partial charge in [0.15, 0.2) is 0 Å². The molecule has 0 aromatic heterocycles. The highest BCUT2D eigenvalue weighted by molar-refractivity contribution is 5.82. The van der Waals surface area contributed by atoms with E-state index in [0.29, 0.717) is 52.6 Å². The summed E-state index contributed by atoms with van der Waals surface area (Å²) in [6.07, 6.45) is -4.37. The lowest BCUT2D eigenvalue weighted by molar-refractivity contribution is -0.137. The molecule has 0 radical (unpaired) electrons. The number of benzene rings is 1. The van der Waals surface area contributed by atoms with Gasteiger partial charge in [-0.25, -0.2) is 0 Å². The van der Waals surface area contributed by atoms with Crippen LogP contribution in [0.2, 0.25) is 0 Å². The van der Waals surface area contributed by atoms with Gasteiger partial charge in [0, 0.05) is 26.2 Å². The molecule has 9 heteroatoms. The topological polar surface area (TPSA) is 62.8 Å². The number of ether oxygens (including phenoxy) is 2. The largest absolute Gasteiger partial charge is 0.416 e. The van der Waals surface area contributed by atoms with E-state index < -0.39 is 17.8 Å². The van der Waals surface area contributed by atoms with Crippen LogP contribution in [0, 0.1) is 0 Å². The number of rotatable bonds is 5. The number of hydrogen-bond acceptors (Lipinski definition) is 5. The van der Waals surface area contributed by atoms with Crippen molar-refractivity contribution >= 4 is 5.91 Å². The van der Waals surface area contributed by atoms with Gasteiger partial charge in [0.25, 0.3) is 0 Å². The Morgan fingerprint density at radius 3 is 2.48 bits per heavy atom. The predicted octanol–water partition coefficient (Wildman–Crippen LogP) is 1.18. The van der Waals surface area contributed by atoms with Gasteiger partial charge in [-0.15, -0.1) is 0 Å². The maximum absolute atomic E-state index is 12.8. The van der Waals surface area contributed by atoms with Crippen LogP contribution in [0.25, 0.3) is 0 Å². The lowest BCUT2D eigenvalue weighted by atomic mass is 10.0. The van der Waals surface area contributed by atoms with Crippen molar-refractivity contribution < 1.29 is 27.4 Å². The molecule has 0 saturated carbocycles. The van der Waals surface area contributed by atoms with Crippen LogP contribution < -0.4 is 10.6 Å². The van der Waals surface area contributed by atoms with Gasteiger partial charge >= 0.3 is 6.18 Å². The standard InChI is InChI=1S/C18H24F3N3O3/c19-18(20,21)14-3-1-13(2-4-14)16(24-6-9-26-10-7-24)11-23-17(25)15-12-27-8-5-22-15/h1-4,15-16,22H,5-12H2,(H,23,25). The van der Waals surface area contributed by atoms with Crippen LogP contribution in [0.5, 0.6) is 0 Å². The molecule has 2 heterocycles. The van der Waals surface area contributed by atoms with Crippen LogP contribution in [0.3, 0.4) is 0 Å². The van der Waals surface area contributed by atoms with Crippen molar-refractivity contribution in [2.24, 2.45) is 0 Å². The summed E-state index contributed by atoms with van der Waals surface area (Å²) in [7, 11) is 0. The van der Waals surface area contributed by atoms with Gasteiger partial charge in [-0.2, -0.15) is 13.2 Å². The van der Waals surface area contributed by atoms with Gasteiger partial charge < -0.3 is 20.1 Å². The number of nitrogens with zero attached hydrogens (tertiary/aromatic N) is 1. The predicted molar refractivity (Wildman–Crippen MR) is 92.2 cm³/mol. The second-order valence-electron chi connectivity index (χ2n) is 6.61. The quantitative estimate of drug-likeness (QED) is 0.795. The summed E-state index contributed by atoms with van der Waals surface area (Å²) in [6, 6.07) is 4.51. The van der Waals surface area contributed by atoms with E-state index in [0.717, 1.165) is 17.7 Å². The van der Waals surface area contributed by atoms with Gasteiger partial charge in [-0.3, -0.25) is 9.69 Å². The first-order valence-corrected chi connectivity index (χ1v) is 9.03. The van der Waals surface area contributed by atoms with Crippen molar-refractivity contribution in [3.8, 4) is 0 Å². The number of amides is 1. The zero-order chi connectivity index (χ0) is 19.3.